The summed E-state index contributed by atoms with van der Waals surface area (Å²) in [5.41, 5.74) is -0.768. The topological polar surface area (TPSA) is 118 Å². The molecule has 0 unspecified atom stereocenters. The van der Waals surface area contributed by atoms with Crippen LogP contribution in [0.5, 0.6) is 0 Å². The number of esters is 1. The average Bonchev–Trinajstić information content (AvgIpc) is 2.64. The van der Waals surface area contributed by atoms with Crippen molar-refractivity contribution in [3.05, 3.63) is 29.3 Å². The maximum absolute atomic E-state index is 12.1. The molecule has 0 amide bonds. The number of hydrogen-bond acceptors (Lipinski definition) is 5. The zero-order valence-corrected chi connectivity index (χ0v) is 23.2. The maximum atomic E-state index is 12.1. The summed E-state index contributed by atoms with van der Waals surface area (Å²) in [6.07, 6.45) is 11.3. The molecule has 0 aliphatic carbocycles. The molecule has 1 rings (SSSR count). The van der Waals surface area contributed by atoms with Crippen LogP contribution in [0.1, 0.15) is 91.8 Å². The molecule has 0 spiro atoms. The molecule has 1 aromatic carbocycles. The third-order valence-electron chi connectivity index (χ3n) is 4.47. The Morgan fingerprint density at radius 1 is 0.867 bits per heavy atom. The summed E-state index contributed by atoms with van der Waals surface area (Å²) in [5, 5.41) is 9.15. The molecule has 0 aromatic heterocycles. The Kier molecular flexibility index (Phi) is 18.9. The molecule has 0 bridgehead atoms. The number of carboxylic acids is 1. The average molecular weight is 461 g/mol. The van der Waals surface area contributed by atoms with Crippen LogP contribution in [0.25, 0.3) is 0 Å². The van der Waals surface area contributed by atoms with Gasteiger partial charge in [-0.05, 0) is 24.6 Å². The molecule has 2 radical (unpaired) electrons. The van der Waals surface area contributed by atoms with E-state index in [4.69, 9.17) is 14.4 Å². The summed E-state index contributed by atoms with van der Waals surface area (Å²) in [5.74, 6) is -2.30. The van der Waals surface area contributed by atoms with Crippen LogP contribution in [0.3, 0.4) is 0 Å². The zero-order chi connectivity index (χ0) is 21.0. The minimum Gasteiger partial charge on any atom is -0.478 e. The Morgan fingerprint density at radius 2 is 1.37 bits per heavy atom. The molecule has 30 heavy (non-hydrogen) atoms. The number of benzene rings is 1. The molecule has 160 valence electrons. The van der Waals surface area contributed by atoms with E-state index in [2.05, 4.69) is 6.92 Å². The normalized spacial score (nSPS) is 10.6. The molecular weight excluding hydrogens is 430 g/mol. The van der Waals surface area contributed by atoms with Gasteiger partial charge in [0.1, 0.15) is 0 Å². The number of unbranched alkanes of at least 4 members (excludes halogenated alkanes) is 9. The van der Waals surface area contributed by atoms with Crippen molar-refractivity contribution in [2.45, 2.75) is 76.0 Å². The number of carbonyl (C=O) groups excluding carboxylic acids is 1. The second-order valence-electron chi connectivity index (χ2n) is 6.81. The van der Waals surface area contributed by atoms with Crippen molar-refractivity contribution in [2.75, 3.05) is 6.61 Å². The fourth-order valence-corrected chi connectivity index (χ4v) is 3.38. The quantitative estimate of drug-likeness (QED) is 0.187. The SMILES string of the molecule is CCCCCCCCCCCCOC(=O)c1cc(S(=O)(=O)O)ccc1C(=O)O.[Na].[Na]. The van der Waals surface area contributed by atoms with Gasteiger partial charge in [0.25, 0.3) is 10.1 Å². The van der Waals surface area contributed by atoms with Gasteiger partial charge in [0, 0.05) is 59.1 Å². The molecule has 1 aromatic rings. The van der Waals surface area contributed by atoms with Crippen molar-refractivity contribution in [1.29, 1.82) is 0 Å². The number of carbonyl (C=O) groups is 2. The summed E-state index contributed by atoms with van der Waals surface area (Å²) in [6, 6.07) is 2.71. The van der Waals surface area contributed by atoms with Gasteiger partial charge >= 0.3 is 11.9 Å². The van der Waals surface area contributed by atoms with E-state index in [1.54, 1.807) is 0 Å². The van der Waals surface area contributed by atoms with Crippen molar-refractivity contribution in [1.82, 2.24) is 0 Å². The summed E-state index contributed by atoms with van der Waals surface area (Å²) < 4.78 is 36.6. The fourth-order valence-electron chi connectivity index (χ4n) is 2.87. The van der Waals surface area contributed by atoms with E-state index >= 15 is 0 Å². The van der Waals surface area contributed by atoms with E-state index < -0.39 is 32.5 Å². The Bertz CT molecular complexity index is 752. The minimum absolute atomic E-state index is 0. The van der Waals surface area contributed by atoms with Crippen molar-refractivity contribution in [2.24, 2.45) is 0 Å². The van der Waals surface area contributed by atoms with Gasteiger partial charge in [-0.15, -0.1) is 0 Å². The van der Waals surface area contributed by atoms with Gasteiger partial charge in [-0.2, -0.15) is 8.42 Å². The predicted octanol–water partition coefficient (Wildman–Crippen LogP) is 3.95. The number of carboxylic acid groups (broad SMARTS) is 1. The van der Waals surface area contributed by atoms with Crippen LogP contribution >= 0.6 is 0 Å². The first-order valence-corrected chi connectivity index (χ1v) is 11.2. The van der Waals surface area contributed by atoms with E-state index in [0.29, 0.717) is 6.42 Å². The smallest absolute Gasteiger partial charge is 0.339 e. The number of hydrogen-bond donors (Lipinski definition) is 2. The van der Waals surface area contributed by atoms with Crippen LogP contribution in [-0.4, -0.2) is 95.7 Å². The van der Waals surface area contributed by atoms with E-state index in [-0.39, 0.29) is 71.3 Å². The van der Waals surface area contributed by atoms with Crippen LogP contribution in [0, 0.1) is 0 Å². The van der Waals surface area contributed by atoms with Crippen LogP contribution in [0.4, 0.5) is 0 Å². The third-order valence-corrected chi connectivity index (χ3v) is 5.32. The Hall–Kier alpha value is 0.0700. The number of ether oxygens (including phenoxy) is 1. The molecule has 0 saturated carbocycles. The molecule has 7 nitrogen and oxygen atoms in total. The van der Waals surface area contributed by atoms with Gasteiger partial charge in [0.2, 0.25) is 0 Å². The van der Waals surface area contributed by atoms with Crippen molar-refractivity contribution >= 4 is 81.2 Å². The minimum atomic E-state index is -4.55. The molecule has 0 heterocycles. The predicted molar refractivity (Wildman–Crippen MR) is 117 cm³/mol. The van der Waals surface area contributed by atoms with Crippen LogP contribution in [0.15, 0.2) is 23.1 Å². The van der Waals surface area contributed by atoms with E-state index in [1.165, 1.54) is 38.5 Å². The maximum Gasteiger partial charge on any atom is 0.339 e. The first kappa shape index (κ1) is 32.3. The Morgan fingerprint density at radius 3 is 1.83 bits per heavy atom. The number of aromatic carboxylic acids is 1. The van der Waals surface area contributed by atoms with Crippen molar-refractivity contribution in [3.8, 4) is 0 Å². The second kappa shape index (κ2) is 17.6. The molecule has 0 aliphatic rings. The van der Waals surface area contributed by atoms with Gasteiger partial charge in [0.15, 0.2) is 0 Å². The summed E-state index contributed by atoms with van der Waals surface area (Å²) in [4.78, 5) is 22.8. The summed E-state index contributed by atoms with van der Waals surface area (Å²) >= 11 is 0. The fraction of sp³-hybridized carbons (Fsp3) is 0.600. The van der Waals surface area contributed by atoms with Gasteiger partial charge in [-0.3, -0.25) is 4.55 Å². The molecule has 0 saturated heterocycles. The summed E-state index contributed by atoms with van der Waals surface area (Å²) in [7, 11) is -4.55. The summed E-state index contributed by atoms with van der Waals surface area (Å²) in [6.45, 7) is 2.32. The van der Waals surface area contributed by atoms with Gasteiger partial charge in [-0.25, -0.2) is 9.59 Å². The first-order valence-electron chi connectivity index (χ1n) is 9.79. The van der Waals surface area contributed by atoms with Gasteiger partial charge in [0.05, 0.1) is 22.6 Å². The Labute approximate surface area is 223 Å². The molecule has 0 atom stereocenters. The number of rotatable bonds is 14. The van der Waals surface area contributed by atoms with Gasteiger partial charge in [-0.1, -0.05) is 64.7 Å². The monoisotopic (exact) mass is 460 g/mol. The van der Waals surface area contributed by atoms with Crippen molar-refractivity contribution in [3.63, 3.8) is 0 Å². The molecule has 0 aliphatic heterocycles. The molecule has 2 N–H and O–H groups in total. The van der Waals surface area contributed by atoms with Crippen molar-refractivity contribution < 1.29 is 32.4 Å². The van der Waals surface area contributed by atoms with E-state index in [1.807, 2.05) is 0 Å². The third kappa shape index (κ3) is 12.8. The van der Waals surface area contributed by atoms with E-state index in [0.717, 1.165) is 37.5 Å². The van der Waals surface area contributed by atoms with Crippen LogP contribution in [0.2, 0.25) is 0 Å². The largest absolute Gasteiger partial charge is 0.478 e. The zero-order valence-electron chi connectivity index (χ0n) is 18.4. The Balaban J connectivity index is 0. The van der Waals surface area contributed by atoms with Gasteiger partial charge < -0.3 is 9.84 Å². The van der Waals surface area contributed by atoms with Crippen LogP contribution in [-0.2, 0) is 14.9 Å². The molecular formula is C20H30Na2O7S. The standard InChI is InChI=1S/C20H30O7S.2Na/c1-2-3-4-5-6-7-8-9-10-11-14-27-20(23)18-15-16(28(24,25)26)12-13-17(18)19(21)22;;/h12-13,15H,2-11,14H2,1H3,(H,21,22)(H,24,25,26);;. The first-order chi connectivity index (χ1) is 13.3. The second-order valence-corrected chi connectivity index (χ2v) is 8.23. The van der Waals surface area contributed by atoms with E-state index in [9.17, 15) is 18.0 Å². The van der Waals surface area contributed by atoms with Crippen LogP contribution < -0.4 is 0 Å². The molecule has 10 heteroatoms. The molecule has 0 fully saturated rings.